The molecule has 0 fully saturated rings. The third-order valence-corrected chi connectivity index (χ3v) is 6.60. The van der Waals surface area contributed by atoms with Gasteiger partial charge in [0.2, 0.25) is 0 Å². The maximum Gasteiger partial charge on any atom is 0.308 e. The summed E-state index contributed by atoms with van der Waals surface area (Å²) in [7, 11) is 1.55. The highest BCUT2D eigenvalue weighted by molar-refractivity contribution is 5.74. The molecule has 0 N–H and O–H groups in total. The van der Waals surface area contributed by atoms with Crippen LogP contribution in [0, 0.1) is 5.92 Å². The molecule has 2 aliphatic rings. The van der Waals surface area contributed by atoms with Gasteiger partial charge in [-0.3, -0.25) is 14.4 Å². The van der Waals surface area contributed by atoms with Crippen molar-refractivity contribution in [3.05, 3.63) is 71.3 Å². The maximum atomic E-state index is 12.1. The first-order valence-electron chi connectivity index (χ1n) is 12.0. The van der Waals surface area contributed by atoms with E-state index < -0.39 is 23.7 Å². The first-order chi connectivity index (χ1) is 18.1. The third kappa shape index (κ3) is 4.19. The lowest BCUT2D eigenvalue weighted by Crippen LogP contribution is -2.53. The fraction of sp³-hybridized carbons (Fsp3) is 0.276. The monoisotopic (exact) mass is 518 g/mol. The Morgan fingerprint density at radius 2 is 1.45 bits per heavy atom. The quantitative estimate of drug-likeness (QED) is 0.345. The van der Waals surface area contributed by atoms with Gasteiger partial charge in [-0.15, -0.1) is 0 Å². The number of methoxy groups -OCH3 is 1. The molecule has 5 rings (SSSR count). The largest absolute Gasteiger partial charge is 0.493 e. The number of esters is 3. The Hall–Kier alpha value is -4.53. The summed E-state index contributed by atoms with van der Waals surface area (Å²) in [5.74, 6) is -1.45. The van der Waals surface area contributed by atoms with Crippen LogP contribution in [0.15, 0.2) is 54.6 Å². The molecular weight excluding hydrogens is 492 g/mol. The molecule has 0 radical (unpaired) electrons. The highest BCUT2D eigenvalue weighted by Crippen LogP contribution is 2.62. The molecule has 0 spiro atoms. The summed E-state index contributed by atoms with van der Waals surface area (Å²) in [5.41, 5.74) is 2.09. The molecule has 0 aliphatic carbocycles. The first kappa shape index (κ1) is 25.1. The molecule has 2 aliphatic heterocycles. The van der Waals surface area contributed by atoms with E-state index in [1.165, 1.54) is 26.8 Å². The maximum absolute atomic E-state index is 12.1. The van der Waals surface area contributed by atoms with Crippen molar-refractivity contribution in [2.75, 3.05) is 7.11 Å². The molecule has 0 aromatic heterocycles. The second-order valence-electron chi connectivity index (χ2n) is 9.16. The normalized spacial score (nSPS) is 20.6. The Kier molecular flexibility index (Phi) is 6.22. The number of hydrogen-bond acceptors (Lipinski definition) is 9. The van der Waals surface area contributed by atoms with E-state index in [-0.39, 0.29) is 23.3 Å². The smallest absolute Gasteiger partial charge is 0.308 e. The summed E-state index contributed by atoms with van der Waals surface area (Å²) in [6, 6.07) is 15.5. The van der Waals surface area contributed by atoms with E-state index in [1.54, 1.807) is 43.5 Å². The van der Waals surface area contributed by atoms with Crippen molar-refractivity contribution in [1.29, 1.82) is 0 Å². The Labute approximate surface area is 219 Å². The predicted octanol–water partition coefficient (Wildman–Crippen LogP) is 4.88. The Morgan fingerprint density at radius 3 is 2.08 bits per heavy atom. The van der Waals surface area contributed by atoms with Gasteiger partial charge in [-0.2, -0.15) is 0 Å². The van der Waals surface area contributed by atoms with Gasteiger partial charge in [0.05, 0.1) is 7.11 Å². The second kappa shape index (κ2) is 9.41. The van der Waals surface area contributed by atoms with Crippen LogP contribution in [0.2, 0.25) is 0 Å². The fourth-order valence-electron chi connectivity index (χ4n) is 5.20. The van der Waals surface area contributed by atoms with Crippen LogP contribution in [-0.2, 0) is 20.2 Å². The highest BCUT2D eigenvalue weighted by Gasteiger charge is 2.57. The van der Waals surface area contributed by atoms with E-state index in [2.05, 4.69) is 0 Å². The van der Waals surface area contributed by atoms with Crippen LogP contribution in [0.3, 0.4) is 0 Å². The number of hydrogen-bond donors (Lipinski definition) is 0. The van der Waals surface area contributed by atoms with Crippen LogP contribution < -0.4 is 28.4 Å². The molecule has 9 heteroatoms. The number of benzene rings is 3. The summed E-state index contributed by atoms with van der Waals surface area (Å²) in [6.07, 6.45) is 0. The zero-order valence-corrected chi connectivity index (χ0v) is 21.5. The molecule has 0 amide bonds. The van der Waals surface area contributed by atoms with E-state index in [9.17, 15) is 14.4 Å². The summed E-state index contributed by atoms with van der Waals surface area (Å²) < 4.78 is 35.1. The molecule has 2 heterocycles. The van der Waals surface area contributed by atoms with Crippen molar-refractivity contribution in [3.63, 3.8) is 0 Å². The van der Waals surface area contributed by atoms with Gasteiger partial charge < -0.3 is 28.4 Å². The standard InChI is InChI=1S/C29H26O9/c1-15-26-22-7-6-8-23(33-5)28(22)38-29(15,19-9-11-20(12-10-19)34-16(2)30)37-25-14-21(35-17(3)31)13-24(27(25)26)36-18(4)32/h6-15,26H,1-5H3. The van der Waals surface area contributed by atoms with Crippen LogP contribution in [0.25, 0.3) is 0 Å². The summed E-state index contributed by atoms with van der Waals surface area (Å²) >= 11 is 0. The van der Waals surface area contributed by atoms with E-state index >= 15 is 0 Å². The van der Waals surface area contributed by atoms with Crippen LogP contribution in [0.4, 0.5) is 0 Å². The van der Waals surface area contributed by atoms with Gasteiger partial charge in [-0.25, -0.2) is 0 Å². The van der Waals surface area contributed by atoms with Gasteiger partial charge in [0.15, 0.2) is 11.5 Å². The van der Waals surface area contributed by atoms with Crippen molar-refractivity contribution < 1.29 is 42.8 Å². The minimum Gasteiger partial charge on any atom is -0.493 e. The average Bonchev–Trinajstić information content (AvgIpc) is 2.83. The molecule has 3 unspecified atom stereocenters. The lowest BCUT2D eigenvalue weighted by atomic mass is 9.70. The van der Waals surface area contributed by atoms with Crippen LogP contribution in [0.1, 0.15) is 50.3 Å². The summed E-state index contributed by atoms with van der Waals surface area (Å²) in [5, 5.41) is 0. The lowest BCUT2D eigenvalue weighted by Gasteiger charge is -2.51. The van der Waals surface area contributed by atoms with E-state index in [1.807, 2.05) is 19.1 Å². The minimum atomic E-state index is -1.35. The zero-order chi connectivity index (χ0) is 27.2. The van der Waals surface area contributed by atoms with Gasteiger partial charge in [0.1, 0.15) is 23.0 Å². The summed E-state index contributed by atoms with van der Waals surface area (Å²) in [6.45, 7) is 5.89. The molecule has 2 bridgehead atoms. The van der Waals surface area contributed by atoms with Crippen molar-refractivity contribution in [2.24, 2.45) is 5.92 Å². The lowest BCUT2D eigenvalue weighted by molar-refractivity contribution is -0.186. The number of carbonyl (C=O) groups is 3. The number of carbonyl (C=O) groups excluding carboxylic acids is 3. The SMILES string of the molecule is COc1cccc2c1OC1(c3ccc(OC(C)=O)cc3)Oc3cc(OC(C)=O)cc(OC(C)=O)c3C2C1C. The fourth-order valence-corrected chi connectivity index (χ4v) is 5.20. The number of rotatable bonds is 5. The molecule has 3 aromatic carbocycles. The molecule has 38 heavy (non-hydrogen) atoms. The zero-order valence-electron chi connectivity index (χ0n) is 21.5. The number of ether oxygens (including phenoxy) is 6. The van der Waals surface area contributed by atoms with Gasteiger partial charge in [0.25, 0.3) is 5.79 Å². The number of para-hydroxylation sites is 1. The molecule has 3 atom stereocenters. The van der Waals surface area contributed by atoms with Crippen molar-refractivity contribution in [1.82, 2.24) is 0 Å². The predicted molar refractivity (Wildman–Crippen MR) is 134 cm³/mol. The highest BCUT2D eigenvalue weighted by atomic mass is 16.7. The number of fused-ring (bicyclic) bond motifs is 6. The van der Waals surface area contributed by atoms with Gasteiger partial charge in [-0.05, 0) is 30.3 Å². The summed E-state index contributed by atoms with van der Waals surface area (Å²) in [4.78, 5) is 35.2. The molecular formula is C29H26O9. The van der Waals surface area contributed by atoms with E-state index in [0.29, 0.717) is 34.1 Å². The molecule has 9 nitrogen and oxygen atoms in total. The van der Waals surface area contributed by atoms with Crippen molar-refractivity contribution >= 4 is 17.9 Å². The first-order valence-corrected chi connectivity index (χ1v) is 12.0. The van der Waals surface area contributed by atoms with Crippen LogP contribution in [0.5, 0.6) is 34.5 Å². The Balaban J connectivity index is 1.76. The second-order valence-corrected chi connectivity index (χ2v) is 9.16. The average molecular weight is 519 g/mol. The Morgan fingerprint density at radius 1 is 0.789 bits per heavy atom. The molecule has 3 aromatic rings. The van der Waals surface area contributed by atoms with Crippen molar-refractivity contribution in [3.8, 4) is 34.5 Å². The minimum absolute atomic E-state index is 0.159. The molecule has 0 saturated carbocycles. The van der Waals surface area contributed by atoms with Crippen molar-refractivity contribution in [2.45, 2.75) is 39.4 Å². The Bertz CT molecular complexity index is 1440. The molecule has 196 valence electrons. The van der Waals surface area contributed by atoms with Crippen LogP contribution in [-0.4, -0.2) is 25.0 Å². The van der Waals surface area contributed by atoms with E-state index in [4.69, 9.17) is 28.4 Å². The van der Waals surface area contributed by atoms with Crippen LogP contribution >= 0.6 is 0 Å². The van der Waals surface area contributed by atoms with Gasteiger partial charge in [-0.1, -0.05) is 19.1 Å². The molecule has 0 saturated heterocycles. The van der Waals surface area contributed by atoms with E-state index in [0.717, 1.165) is 5.56 Å². The topological polar surface area (TPSA) is 107 Å². The van der Waals surface area contributed by atoms with Gasteiger partial charge in [0, 0.05) is 61.4 Å². The third-order valence-electron chi connectivity index (χ3n) is 6.60. The van der Waals surface area contributed by atoms with Gasteiger partial charge >= 0.3 is 17.9 Å².